The molecule has 0 saturated heterocycles. The standard InChI is InChI=1S/C17H25BrO/c1-3-13-7-5-8-14(11-13)17(19,4-2)15-9-6-10-16(18)12-15/h6,9-10,12-14,19H,3-5,7-8,11H2,1-2H3. The van der Waals surface area contributed by atoms with Gasteiger partial charge in [0.05, 0.1) is 5.60 Å². The fourth-order valence-corrected chi connectivity index (χ4v) is 3.98. The lowest BCUT2D eigenvalue weighted by atomic mass is 9.68. The minimum Gasteiger partial charge on any atom is -0.385 e. The second-order valence-electron chi connectivity index (χ2n) is 5.93. The van der Waals surface area contributed by atoms with Crippen LogP contribution in [0.1, 0.15) is 57.9 Å². The Morgan fingerprint density at radius 3 is 2.74 bits per heavy atom. The Labute approximate surface area is 125 Å². The molecule has 0 heterocycles. The van der Waals surface area contributed by atoms with Crippen molar-refractivity contribution in [3.63, 3.8) is 0 Å². The summed E-state index contributed by atoms with van der Waals surface area (Å²) in [5.74, 6) is 1.20. The fourth-order valence-electron chi connectivity index (χ4n) is 3.58. The summed E-state index contributed by atoms with van der Waals surface area (Å²) in [5.41, 5.74) is 0.420. The van der Waals surface area contributed by atoms with Gasteiger partial charge in [0.15, 0.2) is 0 Å². The molecule has 19 heavy (non-hydrogen) atoms. The van der Waals surface area contributed by atoms with E-state index in [-0.39, 0.29) is 0 Å². The van der Waals surface area contributed by atoms with Gasteiger partial charge in [-0.1, -0.05) is 61.2 Å². The Balaban J connectivity index is 2.26. The lowest BCUT2D eigenvalue weighted by Crippen LogP contribution is -2.37. The molecule has 0 aromatic heterocycles. The van der Waals surface area contributed by atoms with Crippen molar-refractivity contribution in [3.8, 4) is 0 Å². The predicted molar refractivity (Wildman–Crippen MR) is 84.1 cm³/mol. The zero-order valence-corrected chi connectivity index (χ0v) is 13.6. The summed E-state index contributed by atoms with van der Waals surface area (Å²) in [6.07, 6.45) is 6.98. The van der Waals surface area contributed by atoms with Crippen molar-refractivity contribution in [2.24, 2.45) is 11.8 Å². The van der Waals surface area contributed by atoms with Gasteiger partial charge in [-0.3, -0.25) is 0 Å². The monoisotopic (exact) mass is 324 g/mol. The van der Waals surface area contributed by atoms with Gasteiger partial charge >= 0.3 is 0 Å². The Morgan fingerprint density at radius 1 is 1.32 bits per heavy atom. The molecule has 3 atom stereocenters. The van der Waals surface area contributed by atoms with Gasteiger partial charge in [0.1, 0.15) is 0 Å². The molecule has 1 aromatic rings. The minimum absolute atomic E-state index is 0.408. The van der Waals surface area contributed by atoms with Crippen LogP contribution in [0.15, 0.2) is 28.7 Å². The number of hydrogen-bond donors (Lipinski definition) is 1. The van der Waals surface area contributed by atoms with Crippen LogP contribution in [0.4, 0.5) is 0 Å². The van der Waals surface area contributed by atoms with Gasteiger partial charge in [0, 0.05) is 4.47 Å². The molecule has 2 heteroatoms. The molecule has 0 amide bonds. The second kappa shape index (κ2) is 6.41. The van der Waals surface area contributed by atoms with E-state index < -0.39 is 5.60 Å². The van der Waals surface area contributed by atoms with E-state index in [2.05, 4.69) is 41.9 Å². The average Bonchev–Trinajstić information content (AvgIpc) is 2.46. The lowest BCUT2D eigenvalue weighted by Gasteiger charge is -2.41. The van der Waals surface area contributed by atoms with Crippen LogP contribution in [0.3, 0.4) is 0 Å². The average molecular weight is 325 g/mol. The van der Waals surface area contributed by atoms with Crippen LogP contribution in [-0.2, 0) is 5.60 Å². The molecule has 0 aliphatic heterocycles. The van der Waals surface area contributed by atoms with E-state index in [0.29, 0.717) is 5.92 Å². The molecular formula is C17H25BrO. The first-order valence-corrected chi connectivity index (χ1v) is 8.37. The molecule has 106 valence electrons. The normalized spacial score (nSPS) is 26.9. The molecule has 1 nitrogen and oxygen atoms in total. The van der Waals surface area contributed by atoms with Crippen molar-refractivity contribution in [1.82, 2.24) is 0 Å². The molecule has 1 aliphatic rings. The van der Waals surface area contributed by atoms with Crippen molar-refractivity contribution < 1.29 is 5.11 Å². The van der Waals surface area contributed by atoms with Crippen molar-refractivity contribution in [2.45, 2.75) is 58.0 Å². The smallest absolute Gasteiger partial charge is 0.0922 e. The van der Waals surface area contributed by atoms with Crippen LogP contribution in [0, 0.1) is 11.8 Å². The first-order chi connectivity index (χ1) is 9.10. The highest BCUT2D eigenvalue weighted by molar-refractivity contribution is 9.10. The molecular weight excluding hydrogens is 300 g/mol. The molecule has 1 saturated carbocycles. The maximum atomic E-state index is 11.2. The Bertz CT molecular complexity index is 417. The van der Waals surface area contributed by atoms with Crippen molar-refractivity contribution in [1.29, 1.82) is 0 Å². The molecule has 2 rings (SSSR count). The van der Waals surface area contributed by atoms with Crippen LogP contribution in [-0.4, -0.2) is 5.11 Å². The molecule has 1 aromatic carbocycles. The van der Waals surface area contributed by atoms with Crippen LogP contribution in [0.5, 0.6) is 0 Å². The third-order valence-corrected chi connectivity index (χ3v) is 5.39. The van der Waals surface area contributed by atoms with Gasteiger partial charge in [0.2, 0.25) is 0 Å². The van der Waals surface area contributed by atoms with E-state index in [1.165, 1.54) is 25.7 Å². The molecule has 3 unspecified atom stereocenters. The van der Waals surface area contributed by atoms with Gasteiger partial charge in [-0.15, -0.1) is 0 Å². The number of halogens is 1. The van der Waals surface area contributed by atoms with Gasteiger partial charge in [-0.05, 0) is 48.8 Å². The van der Waals surface area contributed by atoms with Crippen molar-refractivity contribution in [3.05, 3.63) is 34.3 Å². The number of benzene rings is 1. The van der Waals surface area contributed by atoms with Crippen LogP contribution >= 0.6 is 15.9 Å². The van der Waals surface area contributed by atoms with Gasteiger partial charge in [-0.2, -0.15) is 0 Å². The summed E-state index contributed by atoms with van der Waals surface area (Å²) in [7, 11) is 0. The third kappa shape index (κ3) is 3.22. The summed E-state index contributed by atoms with van der Waals surface area (Å²) < 4.78 is 1.06. The summed E-state index contributed by atoms with van der Waals surface area (Å²) >= 11 is 3.52. The summed E-state index contributed by atoms with van der Waals surface area (Å²) in [6, 6.07) is 8.21. The van der Waals surface area contributed by atoms with Crippen molar-refractivity contribution >= 4 is 15.9 Å². The fraction of sp³-hybridized carbons (Fsp3) is 0.647. The summed E-state index contributed by atoms with van der Waals surface area (Å²) in [5, 5.41) is 11.2. The first-order valence-electron chi connectivity index (χ1n) is 7.58. The number of aliphatic hydroxyl groups is 1. The quantitative estimate of drug-likeness (QED) is 0.800. The highest BCUT2D eigenvalue weighted by Gasteiger charge is 2.39. The van der Waals surface area contributed by atoms with Crippen LogP contribution in [0.2, 0.25) is 0 Å². The van der Waals surface area contributed by atoms with E-state index in [1.807, 2.05) is 12.1 Å². The highest BCUT2D eigenvalue weighted by atomic mass is 79.9. The van der Waals surface area contributed by atoms with E-state index in [1.54, 1.807) is 0 Å². The van der Waals surface area contributed by atoms with E-state index in [9.17, 15) is 5.11 Å². The summed E-state index contributed by atoms with van der Waals surface area (Å²) in [4.78, 5) is 0. The topological polar surface area (TPSA) is 20.2 Å². The molecule has 0 bridgehead atoms. The second-order valence-corrected chi connectivity index (χ2v) is 6.84. The zero-order chi connectivity index (χ0) is 13.9. The Morgan fingerprint density at radius 2 is 2.11 bits per heavy atom. The van der Waals surface area contributed by atoms with Gasteiger partial charge < -0.3 is 5.11 Å². The number of rotatable bonds is 4. The lowest BCUT2D eigenvalue weighted by molar-refractivity contribution is -0.0508. The minimum atomic E-state index is -0.655. The molecule has 1 fully saturated rings. The largest absolute Gasteiger partial charge is 0.385 e. The Kier molecular flexibility index (Phi) is 5.08. The Hall–Kier alpha value is -0.340. The summed E-state index contributed by atoms with van der Waals surface area (Å²) in [6.45, 7) is 4.38. The van der Waals surface area contributed by atoms with Crippen LogP contribution < -0.4 is 0 Å². The van der Waals surface area contributed by atoms with Gasteiger partial charge in [-0.25, -0.2) is 0 Å². The third-order valence-electron chi connectivity index (χ3n) is 4.90. The predicted octanol–water partition coefficient (Wildman–Crippen LogP) is 5.26. The van der Waals surface area contributed by atoms with Crippen LogP contribution in [0.25, 0.3) is 0 Å². The SMILES string of the molecule is CCC1CCCC(C(O)(CC)c2cccc(Br)c2)C1. The maximum absolute atomic E-state index is 11.2. The highest BCUT2D eigenvalue weighted by Crippen LogP contribution is 2.44. The van der Waals surface area contributed by atoms with Crippen molar-refractivity contribution in [2.75, 3.05) is 0 Å². The maximum Gasteiger partial charge on any atom is 0.0922 e. The molecule has 1 aliphatic carbocycles. The van der Waals surface area contributed by atoms with E-state index in [4.69, 9.17) is 0 Å². The molecule has 0 spiro atoms. The first kappa shape index (κ1) is 15.1. The molecule has 1 N–H and O–H groups in total. The molecule has 0 radical (unpaired) electrons. The van der Waals surface area contributed by atoms with E-state index >= 15 is 0 Å². The van der Waals surface area contributed by atoms with Gasteiger partial charge in [0.25, 0.3) is 0 Å². The van der Waals surface area contributed by atoms with E-state index in [0.717, 1.165) is 28.8 Å². The zero-order valence-electron chi connectivity index (χ0n) is 12.0. The number of hydrogen-bond acceptors (Lipinski definition) is 1.